The van der Waals surface area contributed by atoms with Gasteiger partial charge in [-0.25, -0.2) is 0 Å². The number of aryl methyl sites for hydroxylation is 1. The summed E-state index contributed by atoms with van der Waals surface area (Å²) >= 11 is 0. The second-order valence-electron chi connectivity index (χ2n) is 21.6. The van der Waals surface area contributed by atoms with E-state index in [1.54, 1.807) is 7.11 Å². The van der Waals surface area contributed by atoms with Crippen LogP contribution < -0.4 is 35.1 Å². The van der Waals surface area contributed by atoms with Crippen molar-refractivity contribution in [2.45, 2.75) is 72.3 Å². The van der Waals surface area contributed by atoms with Gasteiger partial charge in [0.1, 0.15) is 29.1 Å². The highest BCUT2D eigenvalue weighted by molar-refractivity contribution is 6.01. The van der Waals surface area contributed by atoms with Crippen molar-refractivity contribution in [3.63, 3.8) is 0 Å². The molecule has 1 heterocycles. The van der Waals surface area contributed by atoms with Gasteiger partial charge in [-0.15, -0.1) is 0 Å². The highest BCUT2D eigenvalue weighted by Crippen LogP contribution is 2.42. The molecule has 0 radical (unpaired) electrons. The first-order valence-corrected chi connectivity index (χ1v) is 27.6. The van der Waals surface area contributed by atoms with Crippen LogP contribution in [0.3, 0.4) is 0 Å². The van der Waals surface area contributed by atoms with Gasteiger partial charge in [-0.3, -0.25) is 0 Å². The van der Waals surface area contributed by atoms with Gasteiger partial charge < -0.3 is 28.4 Å². The lowest BCUT2D eigenvalue weighted by Gasteiger charge is -2.17. The molecule has 1 saturated heterocycles. The van der Waals surface area contributed by atoms with Crippen molar-refractivity contribution in [2.24, 2.45) is 23.7 Å². The van der Waals surface area contributed by atoms with Crippen molar-refractivity contribution in [2.75, 3.05) is 46.8 Å². The molecule has 0 N–H and O–H groups in total. The lowest BCUT2D eigenvalue weighted by Crippen LogP contribution is -2.30. The fourth-order valence-electron chi connectivity index (χ4n) is 10.7. The summed E-state index contributed by atoms with van der Waals surface area (Å²) in [4.78, 5) is 0. The van der Waals surface area contributed by atoms with Crippen LogP contribution in [0.15, 0.2) is 164 Å². The standard InChI is InChI=1S/C40H36O5.C30H32O.2CH4/c1-4-5-27-6-7-31(19-30(27)16-17-42-24-37-25-43-37)40-38-22-36(14-10-29(38)11-15-39(40)44-23-33-18-26(33)2)45-35-13-9-28-8-12-34(41-3)20-32(28)21-35;1-2-4-29-24(3-1)13-14-25(11-9-21-5-6-21)30(29)28-16-15-26-17-23(10-12-27(26)18-28)20-31-19-22-7-8-22;;/h4-16,19-22,33,37H,1-2,17-18,23-25H2,3H3;1-4,12-18,21-23H,5-11,19-20H2;2*1H4/b27-5-,30-16-;;;. The zero-order valence-corrected chi connectivity index (χ0v) is 43.8. The van der Waals surface area contributed by atoms with Crippen molar-refractivity contribution in [1.29, 1.82) is 0 Å². The summed E-state index contributed by atoms with van der Waals surface area (Å²) in [6, 6.07) is 49.7. The van der Waals surface area contributed by atoms with Crippen LogP contribution in [0.1, 0.15) is 65.4 Å². The zero-order chi connectivity index (χ0) is 51.4. The van der Waals surface area contributed by atoms with Gasteiger partial charge in [-0.05, 0) is 180 Å². The SMILES string of the molecule is C.C.C1=c2ccc(-c3c(CCC4CC4)ccc4ccccc34)cc2=CCC1COCC1CC1.C=C/C=c1/ccc(-c2c(OCC3CC3=C)ccc3ccc(Oc4ccc5ccc(OC)cc5c4)cc23)c/c1=C/COCC1CO1. The summed E-state index contributed by atoms with van der Waals surface area (Å²) in [6.45, 7) is 12.4. The number of benzene rings is 8. The van der Waals surface area contributed by atoms with E-state index in [2.05, 4.69) is 141 Å². The molecule has 6 nitrogen and oxygen atoms in total. The smallest absolute Gasteiger partial charge is 0.128 e. The fourth-order valence-corrected chi connectivity index (χ4v) is 10.7. The largest absolute Gasteiger partial charge is 0.497 e. The van der Waals surface area contributed by atoms with E-state index in [4.69, 9.17) is 28.4 Å². The second-order valence-corrected chi connectivity index (χ2v) is 21.6. The molecule has 8 aromatic carbocycles. The quantitative estimate of drug-likeness (QED) is 0.0431. The molecule has 0 spiro atoms. The maximum atomic E-state index is 6.49. The fraction of sp³-hybridized carbons (Fsp3) is 0.306. The Labute approximate surface area is 461 Å². The Hall–Kier alpha value is -7.22. The van der Waals surface area contributed by atoms with Crippen LogP contribution in [0.2, 0.25) is 0 Å². The third kappa shape index (κ3) is 13.2. The first kappa shape index (κ1) is 54.1. The van der Waals surface area contributed by atoms with Gasteiger partial charge in [0.2, 0.25) is 0 Å². The van der Waals surface area contributed by atoms with Gasteiger partial charge in [0.15, 0.2) is 0 Å². The number of hydrogen-bond acceptors (Lipinski definition) is 6. The van der Waals surface area contributed by atoms with Crippen molar-refractivity contribution in [1.82, 2.24) is 0 Å². The normalized spacial score (nSPS) is 18.4. The minimum Gasteiger partial charge on any atom is -0.497 e. The molecule has 1 aliphatic heterocycles. The molecule has 13 rings (SSSR count). The second kappa shape index (κ2) is 24.6. The Morgan fingerprint density at radius 2 is 1.35 bits per heavy atom. The van der Waals surface area contributed by atoms with E-state index >= 15 is 0 Å². The predicted octanol–water partition coefficient (Wildman–Crippen LogP) is 14.7. The van der Waals surface area contributed by atoms with Gasteiger partial charge in [0.25, 0.3) is 0 Å². The van der Waals surface area contributed by atoms with E-state index in [1.165, 1.54) is 82.0 Å². The molecule has 0 amide bonds. The summed E-state index contributed by atoms with van der Waals surface area (Å²) in [5.74, 6) is 5.90. The molecule has 4 aliphatic carbocycles. The molecule has 5 aliphatic rings. The molecule has 3 atom stereocenters. The van der Waals surface area contributed by atoms with E-state index < -0.39 is 0 Å². The molecule has 6 heteroatoms. The highest BCUT2D eigenvalue weighted by atomic mass is 16.6. The predicted molar refractivity (Wildman–Crippen MR) is 325 cm³/mol. The number of hydrogen-bond donors (Lipinski definition) is 0. The van der Waals surface area contributed by atoms with Crippen LogP contribution in [-0.4, -0.2) is 52.9 Å². The lowest BCUT2D eigenvalue weighted by atomic mass is 9.89. The summed E-state index contributed by atoms with van der Waals surface area (Å²) in [5.41, 5.74) is 7.66. The number of fused-ring (bicyclic) bond motifs is 4. The molecule has 0 aromatic heterocycles. The van der Waals surface area contributed by atoms with Crippen molar-refractivity contribution in [3.05, 3.63) is 191 Å². The van der Waals surface area contributed by atoms with E-state index in [9.17, 15) is 0 Å². The summed E-state index contributed by atoms with van der Waals surface area (Å²) in [7, 11) is 1.68. The first-order valence-electron chi connectivity index (χ1n) is 27.6. The molecule has 400 valence electrons. The maximum absolute atomic E-state index is 6.49. The Morgan fingerprint density at radius 1 is 0.628 bits per heavy atom. The van der Waals surface area contributed by atoms with Crippen LogP contribution in [0.5, 0.6) is 23.0 Å². The van der Waals surface area contributed by atoms with E-state index in [-0.39, 0.29) is 21.0 Å². The minimum atomic E-state index is 0. The minimum absolute atomic E-state index is 0. The van der Waals surface area contributed by atoms with Crippen LogP contribution >= 0.6 is 0 Å². The van der Waals surface area contributed by atoms with Gasteiger partial charge in [-0.2, -0.15) is 0 Å². The number of methoxy groups -OCH3 is 1. The third-order valence-corrected chi connectivity index (χ3v) is 15.7. The van der Waals surface area contributed by atoms with Crippen molar-refractivity contribution < 1.29 is 28.4 Å². The monoisotopic (exact) mass is 1040 g/mol. The Morgan fingerprint density at radius 3 is 2.13 bits per heavy atom. The van der Waals surface area contributed by atoms with E-state index in [0.717, 1.165) is 111 Å². The summed E-state index contributed by atoms with van der Waals surface area (Å²) < 4.78 is 35.5. The van der Waals surface area contributed by atoms with Crippen LogP contribution in [0.4, 0.5) is 0 Å². The average molecular weight is 1040 g/mol. The summed E-state index contributed by atoms with van der Waals surface area (Å²) in [5, 5.41) is 12.0. The van der Waals surface area contributed by atoms with Gasteiger partial charge in [0, 0.05) is 24.0 Å². The highest BCUT2D eigenvalue weighted by Gasteiger charge is 2.29. The van der Waals surface area contributed by atoms with Crippen molar-refractivity contribution >= 4 is 56.6 Å². The maximum Gasteiger partial charge on any atom is 0.128 e. The Balaban J connectivity index is 0.000000183. The molecule has 78 heavy (non-hydrogen) atoms. The Kier molecular flexibility index (Phi) is 17.1. The van der Waals surface area contributed by atoms with Crippen LogP contribution in [-0.2, 0) is 20.6 Å². The first-order chi connectivity index (χ1) is 37.4. The number of ether oxygens (including phenoxy) is 6. The zero-order valence-electron chi connectivity index (χ0n) is 43.8. The number of allylic oxidation sites excluding steroid dienone is 1. The third-order valence-electron chi connectivity index (χ3n) is 15.7. The number of epoxide rings is 1. The topological polar surface area (TPSA) is 58.7 Å². The molecular formula is C72H76O6. The van der Waals surface area contributed by atoms with Gasteiger partial charge in [-0.1, -0.05) is 162 Å². The van der Waals surface area contributed by atoms with Gasteiger partial charge >= 0.3 is 0 Å². The molecular weight excluding hydrogens is 961 g/mol. The van der Waals surface area contributed by atoms with Crippen LogP contribution in [0, 0.1) is 23.7 Å². The Bertz CT molecular complexity index is 3730. The molecule has 4 fully saturated rings. The molecule has 3 unspecified atom stereocenters. The van der Waals surface area contributed by atoms with E-state index in [1.807, 2.05) is 42.5 Å². The summed E-state index contributed by atoms with van der Waals surface area (Å²) in [6.07, 6.45) is 21.3. The van der Waals surface area contributed by atoms with Crippen LogP contribution in [0.25, 0.3) is 78.9 Å². The average Bonchev–Trinajstić information content (AvgIpc) is 4.19. The van der Waals surface area contributed by atoms with Crippen molar-refractivity contribution in [3.8, 4) is 45.3 Å². The van der Waals surface area contributed by atoms with E-state index in [0.29, 0.717) is 31.7 Å². The number of rotatable bonds is 20. The molecule has 8 aromatic rings. The lowest BCUT2D eigenvalue weighted by molar-refractivity contribution is 0.108. The molecule has 0 bridgehead atoms. The molecule has 3 saturated carbocycles. The van der Waals surface area contributed by atoms with Gasteiger partial charge in [0.05, 0.1) is 40.1 Å².